The maximum atomic E-state index is 11.2. The molecule has 1 amide bonds. The maximum absolute atomic E-state index is 11.2. The summed E-state index contributed by atoms with van der Waals surface area (Å²) in [6, 6.07) is 3.71. The van der Waals surface area contributed by atoms with Gasteiger partial charge in [0.15, 0.2) is 0 Å². The van der Waals surface area contributed by atoms with Crippen molar-refractivity contribution in [1.82, 2.24) is 10.3 Å². The first kappa shape index (κ1) is 14.2. The lowest BCUT2D eigenvalue weighted by Gasteiger charge is -2.19. The van der Waals surface area contributed by atoms with Crippen molar-refractivity contribution in [2.45, 2.75) is 19.4 Å². The zero-order valence-corrected chi connectivity index (χ0v) is 11.8. The van der Waals surface area contributed by atoms with Gasteiger partial charge in [0.25, 0.3) is 0 Å². The Bertz CT molecular complexity index is 481. The molecule has 2 heterocycles. The Balaban J connectivity index is 2.02. The lowest BCUT2D eigenvalue weighted by molar-refractivity contribution is 0.167. The molecule has 1 aliphatic rings. The largest absolute Gasteiger partial charge is 0.476 e. The number of ether oxygens (including phenoxy) is 2. The van der Waals surface area contributed by atoms with E-state index in [-0.39, 0.29) is 6.04 Å². The third kappa shape index (κ3) is 3.23. The lowest BCUT2D eigenvalue weighted by atomic mass is 10.3. The quantitative estimate of drug-likeness (QED) is 0.855. The number of methoxy groups -OCH3 is 1. The average molecular weight is 280 g/mol. The van der Waals surface area contributed by atoms with Gasteiger partial charge in [0.1, 0.15) is 5.82 Å². The monoisotopic (exact) mass is 280 g/mol. The predicted molar refractivity (Wildman–Crippen MR) is 76.0 cm³/mol. The van der Waals surface area contributed by atoms with Crippen molar-refractivity contribution in [3.8, 4) is 5.88 Å². The summed E-state index contributed by atoms with van der Waals surface area (Å²) >= 11 is 0. The molecule has 0 aliphatic carbocycles. The molecule has 2 rings (SSSR count). The minimum atomic E-state index is -0.405. The van der Waals surface area contributed by atoms with Crippen LogP contribution in [0.5, 0.6) is 5.88 Å². The van der Waals surface area contributed by atoms with Crippen LogP contribution in [0.1, 0.15) is 13.3 Å². The Labute approximate surface area is 118 Å². The number of hydrogen-bond acceptors (Lipinski definition) is 6. The van der Waals surface area contributed by atoms with E-state index in [9.17, 15) is 4.79 Å². The highest BCUT2D eigenvalue weighted by atomic mass is 16.5. The number of pyridine rings is 1. The molecule has 110 valence electrons. The van der Waals surface area contributed by atoms with Crippen molar-refractivity contribution in [2.24, 2.45) is 0 Å². The van der Waals surface area contributed by atoms with Crippen LogP contribution in [0.15, 0.2) is 12.1 Å². The third-order valence-electron chi connectivity index (χ3n) is 3.18. The summed E-state index contributed by atoms with van der Waals surface area (Å²) in [5, 5.41) is 2.79. The van der Waals surface area contributed by atoms with E-state index in [1.54, 1.807) is 6.07 Å². The Hall–Kier alpha value is -2.18. The molecule has 0 saturated carbocycles. The van der Waals surface area contributed by atoms with Gasteiger partial charge in [-0.1, -0.05) is 0 Å². The van der Waals surface area contributed by atoms with Crippen molar-refractivity contribution in [1.29, 1.82) is 0 Å². The predicted octanol–water partition coefficient (Wildman–Crippen LogP) is 0.997. The van der Waals surface area contributed by atoms with Gasteiger partial charge in [0.2, 0.25) is 5.88 Å². The molecule has 1 aromatic heterocycles. The van der Waals surface area contributed by atoms with Crippen LogP contribution in [0.25, 0.3) is 0 Å². The van der Waals surface area contributed by atoms with Crippen molar-refractivity contribution < 1.29 is 14.3 Å². The normalized spacial score (nSPS) is 17.9. The second-order valence-corrected chi connectivity index (χ2v) is 4.56. The van der Waals surface area contributed by atoms with Gasteiger partial charge in [-0.2, -0.15) is 4.98 Å². The zero-order valence-electron chi connectivity index (χ0n) is 11.8. The van der Waals surface area contributed by atoms with Crippen LogP contribution in [-0.4, -0.2) is 43.9 Å². The van der Waals surface area contributed by atoms with Crippen LogP contribution >= 0.6 is 0 Å². The first-order valence-electron chi connectivity index (χ1n) is 6.62. The van der Waals surface area contributed by atoms with Crippen molar-refractivity contribution in [2.75, 3.05) is 37.4 Å². The minimum Gasteiger partial charge on any atom is -0.476 e. The smallest absolute Gasteiger partial charge is 0.407 e. The molecule has 7 heteroatoms. The number of carbonyl (C=O) groups is 1. The fourth-order valence-corrected chi connectivity index (χ4v) is 2.18. The van der Waals surface area contributed by atoms with E-state index in [2.05, 4.69) is 19.9 Å². The summed E-state index contributed by atoms with van der Waals surface area (Å²) in [5.41, 5.74) is 6.33. The minimum absolute atomic E-state index is 0.0670. The SMILES string of the molecule is CCOc1nc(N2CCC(NC(=O)OC)C2)ccc1N. The summed E-state index contributed by atoms with van der Waals surface area (Å²) in [6.45, 7) is 3.92. The lowest BCUT2D eigenvalue weighted by Crippen LogP contribution is -2.37. The second kappa shape index (κ2) is 6.31. The van der Waals surface area contributed by atoms with Gasteiger partial charge >= 0.3 is 6.09 Å². The van der Waals surface area contributed by atoms with E-state index < -0.39 is 6.09 Å². The number of hydrogen-bond donors (Lipinski definition) is 2. The Morgan fingerprint density at radius 2 is 2.40 bits per heavy atom. The van der Waals surface area contributed by atoms with Gasteiger partial charge < -0.3 is 25.4 Å². The van der Waals surface area contributed by atoms with Crippen molar-refractivity contribution >= 4 is 17.6 Å². The third-order valence-corrected chi connectivity index (χ3v) is 3.18. The molecule has 1 fully saturated rings. The molecule has 1 saturated heterocycles. The maximum Gasteiger partial charge on any atom is 0.407 e. The molecule has 0 spiro atoms. The van der Waals surface area contributed by atoms with Crippen LogP contribution in [0, 0.1) is 0 Å². The number of amides is 1. The number of rotatable bonds is 4. The number of aromatic nitrogens is 1. The van der Waals surface area contributed by atoms with Crippen LogP contribution in [0.4, 0.5) is 16.3 Å². The Morgan fingerprint density at radius 3 is 3.10 bits per heavy atom. The van der Waals surface area contributed by atoms with Crippen LogP contribution < -0.4 is 20.7 Å². The van der Waals surface area contributed by atoms with Crippen LogP contribution in [0.3, 0.4) is 0 Å². The van der Waals surface area contributed by atoms with Gasteiger partial charge in [-0.15, -0.1) is 0 Å². The number of carbonyl (C=O) groups excluding carboxylic acids is 1. The molecule has 20 heavy (non-hydrogen) atoms. The number of anilines is 2. The number of alkyl carbamates (subject to hydrolysis) is 1. The standard InChI is InChI=1S/C13H20N4O3/c1-3-20-12-10(14)4-5-11(16-12)17-7-6-9(8-17)15-13(18)19-2/h4-5,9H,3,6-8,14H2,1-2H3,(H,15,18). The number of nitrogen functional groups attached to an aromatic ring is 1. The molecule has 1 atom stereocenters. The number of nitrogens with zero attached hydrogens (tertiary/aromatic N) is 2. The molecular formula is C13H20N4O3. The number of nitrogens with two attached hydrogens (primary N) is 1. The highest BCUT2D eigenvalue weighted by molar-refractivity contribution is 5.67. The first-order valence-corrected chi connectivity index (χ1v) is 6.62. The molecule has 0 radical (unpaired) electrons. The molecule has 1 aromatic rings. The summed E-state index contributed by atoms with van der Waals surface area (Å²) in [5.74, 6) is 1.26. The summed E-state index contributed by atoms with van der Waals surface area (Å²) in [7, 11) is 1.36. The molecule has 0 aromatic carbocycles. The van der Waals surface area contributed by atoms with E-state index in [0.717, 1.165) is 18.8 Å². The molecule has 7 nitrogen and oxygen atoms in total. The van der Waals surface area contributed by atoms with Crippen molar-refractivity contribution in [3.63, 3.8) is 0 Å². The summed E-state index contributed by atoms with van der Waals surface area (Å²) < 4.78 is 9.99. The van der Waals surface area contributed by atoms with Crippen LogP contribution in [-0.2, 0) is 4.74 Å². The molecule has 1 aliphatic heterocycles. The molecule has 3 N–H and O–H groups in total. The topological polar surface area (TPSA) is 89.7 Å². The molecule has 1 unspecified atom stereocenters. The highest BCUT2D eigenvalue weighted by Crippen LogP contribution is 2.25. The second-order valence-electron chi connectivity index (χ2n) is 4.56. The van der Waals surface area contributed by atoms with Gasteiger partial charge in [0, 0.05) is 13.1 Å². The first-order chi connectivity index (χ1) is 9.63. The fraction of sp³-hybridized carbons (Fsp3) is 0.538. The van der Waals surface area contributed by atoms with Gasteiger partial charge in [0.05, 0.1) is 25.4 Å². The van der Waals surface area contributed by atoms with Gasteiger partial charge in [-0.05, 0) is 25.5 Å². The van der Waals surface area contributed by atoms with Crippen LogP contribution in [0.2, 0.25) is 0 Å². The van der Waals surface area contributed by atoms with E-state index in [4.69, 9.17) is 10.5 Å². The van der Waals surface area contributed by atoms with E-state index in [1.807, 2.05) is 13.0 Å². The fourth-order valence-electron chi connectivity index (χ4n) is 2.18. The van der Waals surface area contributed by atoms with E-state index >= 15 is 0 Å². The van der Waals surface area contributed by atoms with Gasteiger partial charge in [-0.25, -0.2) is 4.79 Å². The Morgan fingerprint density at radius 1 is 1.60 bits per heavy atom. The molecule has 0 bridgehead atoms. The van der Waals surface area contributed by atoms with Gasteiger partial charge in [-0.3, -0.25) is 0 Å². The van der Waals surface area contributed by atoms with E-state index in [1.165, 1.54) is 7.11 Å². The van der Waals surface area contributed by atoms with E-state index in [0.29, 0.717) is 24.7 Å². The Kier molecular flexibility index (Phi) is 4.49. The van der Waals surface area contributed by atoms with Crippen molar-refractivity contribution in [3.05, 3.63) is 12.1 Å². The number of nitrogens with one attached hydrogen (secondary N) is 1. The summed E-state index contributed by atoms with van der Waals surface area (Å²) in [6.07, 6.45) is 0.447. The molecular weight excluding hydrogens is 260 g/mol. The zero-order chi connectivity index (χ0) is 14.5. The summed E-state index contributed by atoms with van der Waals surface area (Å²) in [4.78, 5) is 17.7. The average Bonchev–Trinajstić information content (AvgIpc) is 2.90. The highest BCUT2D eigenvalue weighted by Gasteiger charge is 2.25.